The summed E-state index contributed by atoms with van der Waals surface area (Å²) >= 11 is 0. The Labute approximate surface area is 349 Å². The van der Waals surface area contributed by atoms with Crippen LogP contribution < -0.4 is 14.2 Å². The zero-order valence-electron chi connectivity index (χ0n) is 34.0. The lowest BCUT2D eigenvalue weighted by atomic mass is 9.55. The number of ether oxygens (including phenoxy) is 4. The zero-order chi connectivity index (χ0) is 42.6. The third-order valence-corrected chi connectivity index (χ3v) is 11.4. The number of allylic oxidation sites excluding steroid dienone is 1. The zero-order valence-corrected chi connectivity index (χ0v) is 34.0. The number of aliphatic hydroxyl groups is 2. The Balaban J connectivity index is 1.59. The highest BCUT2D eigenvalue weighted by atomic mass is 19.1. The number of rotatable bonds is 21. The van der Waals surface area contributed by atoms with E-state index in [4.69, 9.17) is 28.9 Å². The average molecular weight is 828 g/mol. The van der Waals surface area contributed by atoms with E-state index >= 15 is 0 Å². The maximum Gasteiger partial charge on any atom is 0.416 e. The molecule has 320 valence electrons. The quantitative estimate of drug-likeness (QED) is 0.0460. The molecule has 1 aliphatic heterocycles. The summed E-state index contributed by atoms with van der Waals surface area (Å²) in [5, 5.41) is 35.8. The molecule has 2 N–H and O–H groups in total. The number of nitro groups is 1. The number of carbonyl (C=O) groups excluding carboxylic acids is 1. The molecule has 6 unspecified atom stereocenters. The van der Waals surface area contributed by atoms with Crippen LogP contribution in [0.4, 0.5) is 14.9 Å². The lowest BCUT2D eigenvalue weighted by molar-refractivity contribution is -0.384. The summed E-state index contributed by atoms with van der Waals surface area (Å²) in [7, 11) is 0. The number of oxime groups is 1. The lowest BCUT2D eigenvalue weighted by Gasteiger charge is -2.59. The molecule has 0 radical (unpaired) electrons. The summed E-state index contributed by atoms with van der Waals surface area (Å²) < 4.78 is 40.6. The van der Waals surface area contributed by atoms with Gasteiger partial charge in [0.15, 0.2) is 0 Å². The molecule has 6 rings (SSSR count). The van der Waals surface area contributed by atoms with Crippen molar-refractivity contribution in [2.75, 3.05) is 33.0 Å². The lowest BCUT2D eigenvalue weighted by Crippen LogP contribution is -2.70. The van der Waals surface area contributed by atoms with Crippen LogP contribution in [0, 0.1) is 33.7 Å². The molecule has 3 aliphatic rings. The number of non-ortho nitro benzene ring substituents is 1. The van der Waals surface area contributed by atoms with E-state index in [1.807, 2.05) is 25.1 Å². The Hall–Kier alpha value is -5.57. The first-order valence-electron chi connectivity index (χ1n) is 20.6. The first kappa shape index (κ1) is 44.0. The molecule has 3 aromatic carbocycles. The molecule has 60 heavy (non-hydrogen) atoms. The second-order valence-electron chi connectivity index (χ2n) is 15.2. The van der Waals surface area contributed by atoms with Crippen LogP contribution in [-0.4, -0.2) is 76.7 Å². The molecule has 3 aromatic rings. The van der Waals surface area contributed by atoms with Gasteiger partial charge in [0.05, 0.1) is 23.2 Å². The number of halogens is 1. The average Bonchev–Trinajstić information content (AvgIpc) is 3.25. The van der Waals surface area contributed by atoms with Gasteiger partial charge in [0.2, 0.25) is 5.79 Å². The summed E-state index contributed by atoms with van der Waals surface area (Å²) in [5.41, 5.74) is 2.76. The van der Waals surface area contributed by atoms with Crippen LogP contribution in [0.2, 0.25) is 0 Å². The summed E-state index contributed by atoms with van der Waals surface area (Å²) in [5.74, 6) is -1.68. The highest BCUT2D eigenvalue weighted by Crippen LogP contribution is 2.62. The highest BCUT2D eigenvalue weighted by Gasteiger charge is 2.65. The fourth-order valence-corrected chi connectivity index (χ4v) is 8.92. The Morgan fingerprint density at radius 2 is 1.70 bits per heavy atom. The third-order valence-electron chi connectivity index (χ3n) is 11.4. The van der Waals surface area contributed by atoms with E-state index in [0.29, 0.717) is 35.6 Å². The van der Waals surface area contributed by atoms with E-state index < -0.39 is 34.6 Å². The molecule has 6 atom stereocenters. The molecule has 14 heteroatoms. The molecule has 2 aliphatic carbocycles. The van der Waals surface area contributed by atoms with Crippen LogP contribution in [0.25, 0.3) is 0 Å². The van der Waals surface area contributed by atoms with Crippen molar-refractivity contribution in [1.82, 2.24) is 4.90 Å². The molecular weight excluding hydrogens is 774 g/mol. The van der Waals surface area contributed by atoms with Crippen molar-refractivity contribution in [3.8, 4) is 17.2 Å². The minimum atomic E-state index is -1.59. The van der Waals surface area contributed by atoms with E-state index in [0.717, 1.165) is 36.8 Å². The predicted molar refractivity (Wildman–Crippen MR) is 223 cm³/mol. The standard InChI is InChI=1S/C46H54FN3O10/c1-4-25-56-36-21-22-41-39(28-36)43-37(12-8-10-24-52)32(11-7-9-23-51)27-38-40(48-58-6-3)29-42(46(60-41,44(38)43)57-26-5-2)49(30-31-13-15-33(47)16-14-31)45(53)59-35-19-17-34(18-20-35)50(54)55/h4-5,13-22,27-28,32,37,42-44,51-52H,1-2,6-12,23-26,29-30H2,3H3. The molecule has 1 heterocycles. The SMILES string of the molecule is C=CCOc1ccc2c(c1)C1C(CCCCO)C(CCCCO)C=C3C(=NOCC)CC(N(Cc4ccc(F)cc4)C(=O)Oc4ccc([N+](=O)[O-])cc4)C(OCC=C)(O2)C31. The van der Waals surface area contributed by atoms with Gasteiger partial charge >= 0.3 is 6.09 Å². The van der Waals surface area contributed by atoms with Gasteiger partial charge in [-0.15, -0.1) is 6.58 Å². The summed E-state index contributed by atoms with van der Waals surface area (Å²) in [6.45, 7) is 10.3. The monoisotopic (exact) mass is 827 g/mol. The van der Waals surface area contributed by atoms with E-state index in [1.54, 1.807) is 24.3 Å². The van der Waals surface area contributed by atoms with Crippen molar-refractivity contribution >= 4 is 17.5 Å². The first-order valence-corrected chi connectivity index (χ1v) is 20.6. The van der Waals surface area contributed by atoms with E-state index in [9.17, 15) is 29.5 Å². The van der Waals surface area contributed by atoms with Crippen LogP contribution in [-0.2, 0) is 16.1 Å². The molecule has 13 nitrogen and oxygen atoms in total. The number of benzene rings is 3. The fourth-order valence-electron chi connectivity index (χ4n) is 8.92. The number of hydrogen-bond acceptors (Lipinski definition) is 11. The van der Waals surface area contributed by atoms with Crippen LogP contribution in [0.3, 0.4) is 0 Å². The van der Waals surface area contributed by atoms with Crippen molar-refractivity contribution in [1.29, 1.82) is 0 Å². The Kier molecular flexibility index (Phi) is 15.1. The second-order valence-corrected chi connectivity index (χ2v) is 15.2. The van der Waals surface area contributed by atoms with Gasteiger partial charge in [0.25, 0.3) is 5.69 Å². The van der Waals surface area contributed by atoms with Crippen LogP contribution >= 0.6 is 0 Å². The fraction of sp³-hybridized carbons (Fsp3) is 0.435. The molecule has 0 spiro atoms. The van der Waals surface area contributed by atoms with Crippen molar-refractivity contribution in [2.45, 2.75) is 76.2 Å². The van der Waals surface area contributed by atoms with Crippen molar-refractivity contribution < 1.29 is 48.1 Å². The van der Waals surface area contributed by atoms with Gasteiger partial charge in [0, 0.05) is 49.8 Å². The smallest absolute Gasteiger partial charge is 0.416 e. The Morgan fingerprint density at radius 3 is 2.37 bits per heavy atom. The van der Waals surface area contributed by atoms with Crippen molar-refractivity contribution in [2.24, 2.45) is 22.9 Å². The number of carbonyl (C=O) groups is 1. The molecule has 1 saturated carbocycles. The van der Waals surface area contributed by atoms with Crippen LogP contribution in [0.1, 0.15) is 68.9 Å². The number of fused-ring (bicyclic) bond motifs is 2. The topological polar surface area (TPSA) is 162 Å². The first-order chi connectivity index (χ1) is 29.2. The van der Waals surface area contributed by atoms with Gasteiger partial charge in [-0.3, -0.25) is 15.0 Å². The van der Waals surface area contributed by atoms with Gasteiger partial charge < -0.3 is 34.0 Å². The minimum Gasteiger partial charge on any atom is -0.490 e. The van der Waals surface area contributed by atoms with E-state index in [2.05, 4.69) is 19.2 Å². The molecule has 0 bridgehead atoms. The summed E-state index contributed by atoms with van der Waals surface area (Å²) in [6.07, 6.45) is 9.13. The minimum absolute atomic E-state index is 0.0160. The van der Waals surface area contributed by atoms with Crippen LogP contribution in [0.5, 0.6) is 17.2 Å². The Bertz CT molecular complexity index is 2020. The van der Waals surface area contributed by atoms with Crippen LogP contribution in [0.15, 0.2) is 109 Å². The number of unbranched alkanes of at least 4 members (excludes halogenated alkanes) is 2. The summed E-state index contributed by atoms with van der Waals surface area (Å²) in [6, 6.07) is 15.7. The molecular formula is C46H54FN3O10. The van der Waals surface area contributed by atoms with E-state index in [-0.39, 0.29) is 75.2 Å². The molecule has 1 fully saturated rings. The third kappa shape index (κ3) is 9.72. The van der Waals surface area contributed by atoms with Crippen molar-refractivity contribution in [3.63, 3.8) is 0 Å². The van der Waals surface area contributed by atoms with Gasteiger partial charge in [-0.1, -0.05) is 54.9 Å². The maximum atomic E-state index is 14.8. The van der Waals surface area contributed by atoms with Gasteiger partial charge in [-0.05, 0) is 98.0 Å². The largest absolute Gasteiger partial charge is 0.490 e. The second kappa shape index (κ2) is 20.6. The molecule has 0 saturated heterocycles. The maximum absolute atomic E-state index is 14.8. The number of amides is 1. The number of hydrogen-bond donors (Lipinski definition) is 2. The highest BCUT2D eigenvalue weighted by molar-refractivity contribution is 6.03. The Morgan fingerprint density at radius 1 is 1.00 bits per heavy atom. The number of nitrogens with zero attached hydrogens (tertiary/aromatic N) is 3. The predicted octanol–water partition coefficient (Wildman–Crippen LogP) is 8.65. The molecule has 1 amide bonds. The van der Waals surface area contributed by atoms with Gasteiger partial charge in [-0.2, -0.15) is 0 Å². The van der Waals surface area contributed by atoms with Gasteiger partial charge in [-0.25, -0.2) is 9.18 Å². The number of aliphatic hydroxyl groups excluding tert-OH is 2. The summed E-state index contributed by atoms with van der Waals surface area (Å²) in [4.78, 5) is 33.0. The normalized spacial score (nSPS) is 23.3. The van der Waals surface area contributed by atoms with E-state index in [1.165, 1.54) is 41.3 Å². The number of nitro benzene ring substituents is 1. The van der Waals surface area contributed by atoms with Crippen molar-refractivity contribution in [3.05, 3.63) is 131 Å². The van der Waals surface area contributed by atoms with Gasteiger partial charge in [0.1, 0.15) is 42.3 Å². The molecule has 0 aromatic heterocycles.